The molecule has 4 rings (SSSR count). The van der Waals surface area contributed by atoms with Gasteiger partial charge in [0.15, 0.2) is 0 Å². The fourth-order valence-electron chi connectivity index (χ4n) is 9.85. The molecule has 4 saturated carbocycles. The van der Waals surface area contributed by atoms with Crippen LogP contribution in [0, 0.1) is 52.3 Å². The van der Waals surface area contributed by atoms with Gasteiger partial charge in [-0.3, -0.25) is 0 Å². The summed E-state index contributed by atoms with van der Waals surface area (Å²) in [6.45, 7) is 12.6. The van der Waals surface area contributed by atoms with Crippen LogP contribution in [-0.4, -0.2) is 35.6 Å². The lowest BCUT2D eigenvalue weighted by Crippen LogP contribution is -2.58. The number of ether oxygens (including phenoxy) is 1. The molecular formula is C30H54O3. The first-order valence-electron chi connectivity index (χ1n) is 14.6. The van der Waals surface area contributed by atoms with Crippen molar-refractivity contribution in [1.29, 1.82) is 0 Å². The topological polar surface area (TPSA) is 49.7 Å². The molecule has 3 heteroatoms. The zero-order chi connectivity index (χ0) is 23.8. The lowest BCUT2D eigenvalue weighted by atomic mass is 9.44. The van der Waals surface area contributed by atoms with E-state index in [1.807, 2.05) is 0 Å². The third-order valence-corrected chi connectivity index (χ3v) is 11.6. The molecule has 0 aromatic rings. The lowest BCUT2D eigenvalue weighted by molar-refractivity contribution is -0.189. The molecule has 3 nitrogen and oxygen atoms in total. The largest absolute Gasteiger partial charge is 0.394 e. The summed E-state index contributed by atoms with van der Waals surface area (Å²) in [4.78, 5) is 0. The van der Waals surface area contributed by atoms with E-state index in [1.165, 1.54) is 70.6 Å². The van der Waals surface area contributed by atoms with Gasteiger partial charge in [0.1, 0.15) is 6.10 Å². The van der Waals surface area contributed by atoms with Gasteiger partial charge in [-0.15, -0.1) is 0 Å². The molecule has 3 unspecified atom stereocenters. The molecule has 10 atom stereocenters. The summed E-state index contributed by atoms with van der Waals surface area (Å²) in [5.41, 5.74) is 0.790. The fraction of sp³-hybridized carbons (Fsp3) is 1.00. The van der Waals surface area contributed by atoms with E-state index in [9.17, 15) is 10.2 Å². The summed E-state index contributed by atoms with van der Waals surface area (Å²) in [7, 11) is 0. The minimum Gasteiger partial charge on any atom is -0.394 e. The minimum atomic E-state index is -0.740. The van der Waals surface area contributed by atoms with Gasteiger partial charge in [-0.2, -0.15) is 0 Å². The minimum absolute atomic E-state index is 0.198. The maximum absolute atomic E-state index is 9.96. The van der Waals surface area contributed by atoms with Crippen LogP contribution >= 0.6 is 0 Å². The van der Waals surface area contributed by atoms with Crippen LogP contribution in [0.15, 0.2) is 0 Å². The zero-order valence-electron chi connectivity index (χ0n) is 22.4. The van der Waals surface area contributed by atoms with E-state index in [0.29, 0.717) is 5.41 Å². The highest BCUT2D eigenvalue weighted by Crippen LogP contribution is 2.68. The maximum Gasteiger partial charge on any atom is 0.100 e. The number of hydrogen-bond donors (Lipinski definition) is 2. The van der Waals surface area contributed by atoms with E-state index >= 15 is 0 Å². The number of fused-ring (bicyclic) bond motifs is 5. The van der Waals surface area contributed by atoms with E-state index in [1.54, 1.807) is 0 Å². The van der Waals surface area contributed by atoms with Crippen LogP contribution in [0.3, 0.4) is 0 Å². The normalized spacial score (nSPS) is 44.7. The van der Waals surface area contributed by atoms with Crippen molar-refractivity contribution in [2.24, 2.45) is 52.3 Å². The van der Waals surface area contributed by atoms with Gasteiger partial charge in [-0.05, 0) is 104 Å². The molecule has 192 valence electrons. The first-order chi connectivity index (χ1) is 15.7. The molecular weight excluding hydrogens is 408 g/mol. The van der Waals surface area contributed by atoms with E-state index in [4.69, 9.17) is 4.74 Å². The standard InChI is InChI=1S/C30H54O3/c1-20(2)8-6-9-21(3)25-14-15-26-24-13-12-22-10-7-11-28(33-19-23(32)18-31)30(22,5)27(24)16-17-29(25,26)4/h20-28,31-32H,6-19H2,1-5H3/t21-,22?,23?,24+,25-,26+,27+,28?,29-,30+/m1/s1. The molecule has 4 aliphatic rings. The molecule has 0 saturated heterocycles. The van der Waals surface area contributed by atoms with Crippen molar-refractivity contribution in [3.63, 3.8) is 0 Å². The van der Waals surface area contributed by atoms with E-state index in [-0.39, 0.29) is 24.7 Å². The number of rotatable bonds is 9. The Balaban J connectivity index is 1.48. The first-order valence-corrected chi connectivity index (χ1v) is 14.6. The van der Waals surface area contributed by atoms with Crippen LogP contribution in [0.4, 0.5) is 0 Å². The fourth-order valence-corrected chi connectivity index (χ4v) is 9.85. The van der Waals surface area contributed by atoms with E-state index in [2.05, 4.69) is 34.6 Å². The van der Waals surface area contributed by atoms with Crippen LogP contribution < -0.4 is 0 Å². The molecule has 0 aliphatic heterocycles. The highest BCUT2D eigenvalue weighted by Gasteiger charge is 2.62. The van der Waals surface area contributed by atoms with Crippen molar-refractivity contribution in [2.75, 3.05) is 13.2 Å². The van der Waals surface area contributed by atoms with Crippen LogP contribution in [-0.2, 0) is 4.74 Å². The molecule has 0 bridgehead atoms. The summed E-state index contributed by atoms with van der Waals surface area (Å²) in [6.07, 6.45) is 16.0. The van der Waals surface area contributed by atoms with E-state index in [0.717, 1.165) is 47.8 Å². The average molecular weight is 463 g/mol. The maximum atomic E-state index is 9.96. The third-order valence-electron chi connectivity index (χ3n) is 11.6. The van der Waals surface area contributed by atoms with Crippen molar-refractivity contribution in [3.05, 3.63) is 0 Å². The molecule has 0 aromatic heterocycles. The van der Waals surface area contributed by atoms with Gasteiger partial charge in [0, 0.05) is 0 Å². The SMILES string of the molecule is CC(C)CCC[C@@H](C)[C@H]1CC[C@H]2[C@@H]3CCC4CCCC(OCC(O)CO)[C@]4(C)[C@H]3CC[C@]12C. The Morgan fingerprint density at radius 3 is 2.42 bits per heavy atom. The van der Waals surface area contributed by atoms with Crippen molar-refractivity contribution >= 4 is 0 Å². The van der Waals surface area contributed by atoms with Crippen molar-refractivity contribution < 1.29 is 14.9 Å². The highest BCUT2D eigenvalue weighted by molar-refractivity contribution is 5.11. The molecule has 2 N–H and O–H groups in total. The molecule has 0 heterocycles. The van der Waals surface area contributed by atoms with Gasteiger partial charge in [0.05, 0.1) is 19.3 Å². The Labute approximate surface area is 204 Å². The summed E-state index contributed by atoms with van der Waals surface area (Å²) < 4.78 is 6.41. The second-order valence-electron chi connectivity index (χ2n) is 13.6. The van der Waals surface area contributed by atoms with Crippen molar-refractivity contribution in [3.8, 4) is 0 Å². The Hall–Kier alpha value is -0.120. The Kier molecular flexibility index (Phi) is 8.24. The highest BCUT2D eigenvalue weighted by atomic mass is 16.5. The molecule has 4 fully saturated rings. The summed E-state index contributed by atoms with van der Waals surface area (Å²) in [5.74, 6) is 5.94. The van der Waals surface area contributed by atoms with Gasteiger partial charge in [-0.1, -0.05) is 60.3 Å². The smallest absolute Gasteiger partial charge is 0.100 e. The van der Waals surface area contributed by atoms with E-state index < -0.39 is 6.10 Å². The molecule has 0 aromatic carbocycles. The quantitative estimate of drug-likeness (QED) is 0.394. The van der Waals surface area contributed by atoms with Gasteiger partial charge >= 0.3 is 0 Å². The van der Waals surface area contributed by atoms with Crippen LogP contribution in [0.2, 0.25) is 0 Å². The number of hydrogen-bond acceptors (Lipinski definition) is 3. The summed E-state index contributed by atoms with van der Waals surface area (Å²) >= 11 is 0. The zero-order valence-corrected chi connectivity index (χ0v) is 22.4. The molecule has 33 heavy (non-hydrogen) atoms. The van der Waals surface area contributed by atoms with Gasteiger partial charge in [0.2, 0.25) is 0 Å². The van der Waals surface area contributed by atoms with Crippen LogP contribution in [0.5, 0.6) is 0 Å². The Bertz CT molecular complexity index is 634. The predicted molar refractivity (Wildman–Crippen MR) is 136 cm³/mol. The third kappa shape index (κ3) is 4.82. The Morgan fingerprint density at radius 2 is 1.70 bits per heavy atom. The predicted octanol–water partition coefficient (Wildman–Crippen LogP) is 6.85. The summed E-state index contributed by atoms with van der Waals surface area (Å²) in [5, 5.41) is 19.3. The second-order valence-corrected chi connectivity index (χ2v) is 13.6. The van der Waals surface area contributed by atoms with Gasteiger partial charge < -0.3 is 14.9 Å². The number of aliphatic hydroxyl groups is 2. The van der Waals surface area contributed by atoms with Gasteiger partial charge in [0.25, 0.3) is 0 Å². The van der Waals surface area contributed by atoms with Gasteiger partial charge in [-0.25, -0.2) is 0 Å². The first kappa shape index (κ1) is 26.0. The van der Waals surface area contributed by atoms with Crippen molar-refractivity contribution in [1.82, 2.24) is 0 Å². The molecule has 0 radical (unpaired) electrons. The lowest BCUT2D eigenvalue weighted by Gasteiger charge is -2.62. The second kappa shape index (κ2) is 10.5. The van der Waals surface area contributed by atoms with Crippen LogP contribution in [0.1, 0.15) is 112 Å². The monoisotopic (exact) mass is 462 g/mol. The van der Waals surface area contributed by atoms with Crippen molar-refractivity contribution in [2.45, 2.75) is 124 Å². The summed E-state index contributed by atoms with van der Waals surface area (Å²) in [6, 6.07) is 0. The molecule has 4 aliphatic carbocycles. The average Bonchev–Trinajstić information content (AvgIpc) is 3.14. The Morgan fingerprint density at radius 1 is 0.909 bits per heavy atom. The molecule has 0 amide bonds. The number of aliphatic hydroxyl groups excluding tert-OH is 2. The van der Waals surface area contributed by atoms with Crippen LogP contribution in [0.25, 0.3) is 0 Å². The molecule has 0 spiro atoms.